The second-order valence-electron chi connectivity index (χ2n) is 17.1. The highest BCUT2D eigenvalue weighted by molar-refractivity contribution is 6.00. The molecule has 1 unspecified atom stereocenters. The molecule has 1 aliphatic rings. The molecule has 5 amide bonds. The van der Waals surface area contributed by atoms with Gasteiger partial charge in [0.25, 0.3) is 5.91 Å². The van der Waals surface area contributed by atoms with Crippen LogP contribution in [0.15, 0.2) is 60.7 Å². The Hall–Kier alpha value is -7.14. The predicted octanol–water partition coefficient (Wildman–Crippen LogP) is 2.36. The van der Waals surface area contributed by atoms with Gasteiger partial charge in [-0.2, -0.15) is 15.2 Å². The Balaban J connectivity index is 1.54. The highest BCUT2D eigenvalue weighted by atomic mass is 16.5. The summed E-state index contributed by atoms with van der Waals surface area (Å²) < 4.78 is 18.1. The lowest BCUT2D eigenvalue weighted by atomic mass is 9.87. The van der Waals surface area contributed by atoms with Crippen molar-refractivity contribution in [3.8, 4) is 40.5 Å². The van der Waals surface area contributed by atoms with Gasteiger partial charge in [0.05, 0.1) is 23.0 Å². The van der Waals surface area contributed by atoms with E-state index in [2.05, 4.69) is 52.0 Å². The molecule has 10 N–H and O–H groups in total. The van der Waals surface area contributed by atoms with E-state index >= 15 is 0 Å². The number of hydrogen-bond donors (Lipinski definition) is 7. The zero-order valence-electron chi connectivity index (χ0n) is 39.0. The van der Waals surface area contributed by atoms with Gasteiger partial charge in [-0.3, -0.25) is 24.0 Å². The summed E-state index contributed by atoms with van der Waals surface area (Å²) >= 11 is 0. The molecule has 0 aliphatic carbocycles. The van der Waals surface area contributed by atoms with Crippen LogP contribution in [0.2, 0.25) is 0 Å². The van der Waals surface area contributed by atoms with Crippen molar-refractivity contribution in [2.45, 2.75) is 84.0 Å². The number of carbonyl (C=O) groups is 5. The average Bonchev–Trinajstić information content (AvgIpc) is 3.28. The van der Waals surface area contributed by atoms with Gasteiger partial charge in [0.15, 0.2) is 0 Å². The topological polar surface area (TPSA) is 292 Å². The first kappa shape index (κ1) is 50.9. The van der Waals surface area contributed by atoms with Crippen LogP contribution in [0.1, 0.15) is 78.6 Å². The number of nitriles is 1. The summed E-state index contributed by atoms with van der Waals surface area (Å²) in [5.74, 6) is -2.17. The van der Waals surface area contributed by atoms with Gasteiger partial charge in [-0.15, -0.1) is 0 Å². The van der Waals surface area contributed by atoms with E-state index in [0.29, 0.717) is 50.9 Å². The van der Waals surface area contributed by atoms with Crippen molar-refractivity contribution in [2.75, 3.05) is 46.4 Å². The molecule has 67 heavy (non-hydrogen) atoms. The normalized spacial score (nSPS) is 16.5. The number of fused-ring (bicyclic) bond motifs is 5. The van der Waals surface area contributed by atoms with Crippen molar-refractivity contribution in [3.63, 3.8) is 0 Å². The zero-order chi connectivity index (χ0) is 49.0. The zero-order valence-corrected chi connectivity index (χ0v) is 39.0. The Bertz CT molecular complexity index is 2460. The van der Waals surface area contributed by atoms with Gasteiger partial charge in [-0.25, -0.2) is 0 Å². The number of rotatable bonds is 16. The number of ether oxygens (including phenoxy) is 3. The number of aromatic nitrogens is 2. The monoisotopic (exact) mass is 919 g/mol. The minimum Gasteiger partial charge on any atom is -0.492 e. The molecule has 0 spiro atoms. The van der Waals surface area contributed by atoms with Crippen molar-refractivity contribution in [3.05, 3.63) is 94.3 Å². The second kappa shape index (κ2) is 22.9. The molecule has 4 aromatic rings. The molecule has 5 rings (SSSR count). The maximum Gasteiger partial charge on any atom is 0.322 e. The third kappa shape index (κ3) is 12.8. The number of benzene rings is 3. The van der Waals surface area contributed by atoms with E-state index in [9.17, 15) is 24.0 Å². The summed E-state index contributed by atoms with van der Waals surface area (Å²) in [5.41, 5.74) is 21.3. The van der Waals surface area contributed by atoms with Crippen molar-refractivity contribution in [2.24, 2.45) is 17.2 Å². The van der Waals surface area contributed by atoms with Crippen molar-refractivity contribution in [1.82, 2.24) is 36.1 Å². The number of carbonyl (C=O) groups excluding carboxylic acids is 5. The first-order valence-electron chi connectivity index (χ1n) is 22.0. The third-order valence-electron chi connectivity index (χ3n) is 11.0. The summed E-state index contributed by atoms with van der Waals surface area (Å²) in [6, 6.07) is 14.5. The Labute approximate surface area is 390 Å². The molecule has 1 aromatic heterocycles. The molecule has 1 aliphatic heterocycles. The number of nitrogens with two attached hydrogens (primary N) is 3. The predicted molar refractivity (Wildman–Crippen MR) is 250 cm³/mol. The van der Waals surface area contributed by atoms with Gasteiger partial charge in [0.2, 0.25) is 23.6 Å². The molecule has 19 nitrogen and oxygen atoms in total. The minimum absolute atomic E-state index is 0.00400. The van der Waals surface area contributed by atoms with Gasteiger partial charge in [-0.05, 0) is 92.2 Å². The van der Waals surface area contributed by atoms with Gasteiger partial charge in [0.1, 0.15) is 61.2 Å². The van der Waals surface area contributed by atoms with Gasteiger partial charge in [0, 0.05) is 37.7 Å². The average molecular weight is 920 g/mol. The summed E-state index contributed by atoms with van der Waals surface area (Å²) in [5, 5.41) is 19.9. The molecule has 0 fully saturated rings. The van der Waals surface area contributed by atoms with E-state index in [1.807, 2.05) is 30.3 Å². The van der Waals surface area contributed by atoms with E-state index in [4.69, 9.17) is 36.7 Å². The molecule has 0 radical (unpaired) electrons. The van der Waals surface area contributed by atoms with E-state index in [1.54, 1.807) is 50.2 Å². The summed E-state index contributed by atoms with van der Waals surface area (Å²) in [6.45, 7) is 11.3. The van der Waals surface area contributed by atoms with Crippen molar-refractivity contribution >= 4 is 29.5 Å². The number of amides is 5. The quantitative estimate of drug-likeness (QED) is 0.0795. The van der Waals surface area contributed by atoms with Crippen LogP contribution in [0.4, 0.5) is 0 Å². The summed E-state index contributed by atoms with van der Waals surface area (Å²) in [7, 11) is 1.40. The lowest BCUT2D eigenvalue weighted by Crippen LogP contribution is -2.56. The molecule has 0 saturated carbocycles. The molecular formula is C48H61N11O8. The highest BCUT2D eigenvalue weighted by Gasteiger charge is 2.36. The van der Waals surface area contributed by atoms with E-state index in [-0.39, 0.29) is 69.2 Å². The van der Waals surface area contributed by atoms with Crippen LogP contribution in [0.25, 0.3) is 11.1 Å². The Morgan fingerprint density at radius 2 is 1.49 bits per heavy atom. The fourth-order valence-electron chi connectivity index (χ4n) is 7.55. The maximum absolute atomic E-state index is 14.7. The molecule has 4 atom stereocenters. The molecule has 356 valence electrons. The van der Waals surface area contributed by atoms with E-state index < -0.39 is 53.7 Å². The lowest BCUT2D eigenvalue weighted by molar-refractivity contribution is -0.141. The summed E-state index contributed by atoms with van der Waals surface area (Å²) in [4.78, 5) is 80.5. The van der Waals surface area contributed by atoms with E-state index in [1.165, 1.54) is 18.9 Å². The van der Waals surface area contributed by atoms with Crippen LogP contribution in [-0.2, 0) is 31.0 Å². The van der Waals surface area contributed by atoms with Crippen molar-refractivity contribution in [1.29, 1.82) is 5.26 Å². The van der Waals surface area contributed by atoms with Crippen molar-refractivity contribution < 1.29 is 38.2 Å². The van der Waals surface area contributed by atoms with Crippen LogP contribution >= 0.6 is 0 Å². The molecule has 19 heteroatoms. The van der Waals surface area contributed by atoms with Gasteiger partial charge < -0.3 is 57.6 Å². The highest BCUT2D eigenvalue weighted by Crippen LogP contribution is 2.40. The number of likely N-dealkylation sites (N-methyl/N-ethyl adjacent to an activating group) is 1. The molecular weight excluding hydrogens is 859 g/mol. The molecule has 3 aromatic carbocycles. The minimum atomic E-state index is -1.42. The van der Waals surface area contributed by atoms with Gasteiger partial charge >= 0.3 is 6.01 Å². The lowest BCUT2D eigenvalue weighted by Gasteiger charge is -2.32. The van der Waals surface area contributed by atoms with Crippen LogP contribution in [0.3, 0.4) is 0 Å². The Morgan fingerprint density at radius 1 is 0.881 bits per heavy atom. The van der Waals surface area contributed by atoms with E-state index in [0.717, 1.165) is 5.56 Å². The number of aryl methyl sites for hydroxylation is 2. The van der Waals surface area contributed by atoms with Gasteiger partial charge in [-0.1, -0.05) is 45.0 Å². The Kier molecular flexibility index (Phi) is 17.3. The molecule has 0 saturated heterocycles. The smallest absolute Gasteiger partial charge is 0.322 e. The first-order valence-corrected chi connectivity index (χ1v) is 22.0. The van der Waals surface area contributed by atoms with Crippen LogP contribution in [0, 0.1) is 25.2 Å². The van der Waals surface area contributed by atoms with Crippen LogP contribution in [-0.4, -0.2) is 109 Å². The van der Waals surface area contributed by atoms with Crippen LogP contribution in [0.5, 0.6) is 23.3 Å². The third-order valence-corrected chi connectivity index (χ3v) is 11.0. The second-order valence-corrected chi connectivity index (χ2v) is 17.1. The summed E-state index contributed by atoms with van der Waals surface area (Å²) in [6.07, 6.45) is -0.0241. The first-order chi connectivity index (χ1) is 31.9. The number of nitrogens with one attached hydrogen (secondary N) is 4. The standard InChI is InChI=1S/C48H61N11O8/c1-27-40(28(2)56-47(55-27)67-33-12-10-32(11-13-33)48(4,5)6)44(62)57-36(16-17-49)46(64)59(7)41-31-9-15-39(66-23-20-52)35(26-31)34-24-30(8-14-38(34)65-22-19-51)25-37(43(61)53-21-18-50)58-42(60)29(3)54-45(41)63/h8-15,24,26,29,36-37,41H,16-17,19-23,25,49,51-52H2,1-7H3,(H,53,61)(H,54,63)(H,57,62)(H,58,60)/t29-,36?,37-,41-/m0/s1. The molecule has 2 heterocycles. The number of hydrogen-bond acceptors (Lipinski definition) is 14. The SMILES string of the molecule is Cc1nc(Oc2ccc(C(C)(C)C)cc2)nc(C)c1C(=O)NC(CCN)C(=O)N(C)[C@@H]1C(=O)N[C@@H](C)C(=O)N[C@H](C(=O)NCC#N)Cc2ccc(OCCN)c(c2)-c2cc1ccc2OCCN. The molecule has 4 bridgehead atoms. The fourth-order valence-corrected chi connectivity index (χ4v) is 7.55. The number of nitrogens with zero attached hydrogens (tertiary/aromatic N) is 4. The Morgan fingerprint density at radius 3 is 2.07 bits per heavy atom. The largest absolute Gasteiger partial charge is 0.492 e. The fraction of sp³-hybridized carbons (Fsp3) is 0.417. The maximum atomic E-state index is 14.7. The van der Waals surface area contributed by atoms with Crippen LogP contribution < -0.4 is 52.7 Å².